The van der Waals surface area contributed by atoms with Gasteiger partial charge >= 0.3 is 13.2 Å². The lowest BCUT2D eigenvalue weighted by atomic mass is 9.43. The molecule has 10 heteroatoms. The normalized spacial score (nSPS) is 35.0. The van der Waals surface area contributed by atoms with E-state index < -0.39 is 30.9 Å². The summed E-state index contributed by atoms with van der Waals surface area (Å²) >= 11 is 0. The fourth-order valence-corrected chi connectivity index (χ4v) is 8.94. The number of likely N-dealkylation sites (tertiary alicyclic amines) is 1. The van der Waals surface area contributed by atoms with Crippen molar-refractivity contribution >= 4 is 25.0 Å². The highest BCUT2D eigenvalue weighted by atomic mass is 16.7. The summed E-state index contributed by atoms with van der Waals surface area (Å²) in [6.07, 6.45) is 8.79. The van der Waals surface area contributed by atoms with Gasteiger partial charge in [-0.1, -0.05) is 53.4 Å². The van der Waals surface area contributed by atoms with Gasteiger partial charge < -0.3 is 29.6 Å². The van der Waals surface area contributed by atoms with E-state index in [1.165, 1.54) is 6.42 Å². The van der Waals surface area contributed by atoms with E-state index in [0.29, 0.717) is 24.8 Å². The van der Waals surface area contributed by atoms with Crippen molar-refractivity contribution in [3.63, 3.8) is 0 Å². The Hall–Kier alpha value is -1.81. The average Bonchev–Trinajstić information content (AvgIpc) is 3.50. The Bertz CT molecular complexity index is 1060. The standard InChI is InChI=1S/C33H56BN3O6/c1-9-13-26(34-42-25-18-22-17-24(32(22,6)7)33(25,8)43-34)35-28(38)23-16-20(2)19-37(23)29(39)27(21-14-11-10-12-15-21)36-30(40)41-31(3,4)5/h20-27H,9-19H2,1-8H3,(H,35,38)(H,36,40)/t20-,22+,23+,24+,25-,26+,27+,33+/m1/s1. The monoisotopic (exact) mass is 601 g/mol. The number of rotatable bonds is 8. The second-order valence-electron chi connectivity index (χ2n) is 16.1. The molecule has 2 N–H and O–H groups in total. The lowest BCUT2D eigenvalue weighted by Crippen LogP contribution is -2.65. The first-order valence-electron chi connectivity index (χ1n) is 17.1. The molecule has 6 rings (SSSR count). The number of nitrogens with one attached hydrogen (secondary N) is 2. The smallest absolute Gasteiger partial charge is 0.444 e. The first-order chi connectivity index (χ1) is 20.1. The van der Waals surface area contributed by atoms with E-state index in [9.17, 15) is 14.4 Å². The predicted octanol–water partition coefficient (Wildman–Crippen LogP) is 5.25. The lowest BCUT2D eigenvalue weighted by Gasteiger charge is -2.64. The molecule has 0 aromatic heterocycles. The Balaban J connectivity index is 1.29. The molecule has 242 valence electrons. The quantitative estimate of drug-likeness (QED) is 0.369. The molecule has 3 amide bonds. The molecule has 43 heavy (non-hydrogen) atoms. The number of nitrogens with zero attached hydrogens (tertiary/aromatic N) is 1. The van der Waals surface area contributed by atoms with E-state index in [4.69, 9.17) is 14.0 Å². The van der Waals surface area contributed by atoms with Crippen LogP contribution in [0.5, 0.6) is 0 Å². The number of hydrogen-bond acceptors (Lipinski definition) is 6. The predicted molar refractivity (Wildman–Crippen MR) is 166 cm³/mol. The number of amides is 3. The van der Waals surface area contributed by atoms with Crippen LogP contribution in [0.2, 0.25) is 0 Å². The molecule has 0 spiro atoms. The Morgan fingerprint density at radius 1 is 1.05 bits per heavy atom. The molecule has 4 aliphatic carbocycles. The van der Waals surface area contributed by atoms with Crippen LogP contribution in [0.3, 0.4) is 0 Å². The molecule has 6 aliphatic rings. The van der Waals surface area contributed by atoms with Crippen molar-refractivity contribution in [1.29, 1.82) is 0 Å². The van der Waals surface area contributed by atoms with Gasteiger partial charge in [0, 0.05) is 6.54 Å². The molecule has 2 aliphatic heterocycles. The minimum atomic E-state index is -0.707. The van der Waals surface area contributed by atoms with Crippen molar-refractivity contribution in [2.24, 2.45) is 29.1 Å². The summed E-state index contributed by atoms with van der Waals surface area (Å²) in [5, 5.41) is 6.20. The van der Waals surface area contributed by atoms with Crippen molar-refractivity contribution in [3.05, 3.63) is 0 Å². The summed E-state index contributed by atoms with van der Waals surface area (Å²) in [6, 6.07) is -1.30. The summed E-state index contributed by atoms with van der Waals surface area (Å²) in [5.41, 5.74) is -0.766. The summed E-state index contributed by atoms with van der Waals surface area (Å²) in [5.74, 6) is 0.680. The fraction of sp³-hybridized carbons (Fsp3) is 0.909. The molecule has 0 aromatic carbocycles. The van der Waals surface area contributed by atoms with Crippen LogP contribution in [0.15, 0.2) is 0 Å². The molecular weight excluding hydrogens is 545 g/mol. The van der Waals surface area contributed by atoms with Crippen LogP contribution in [0.4, 0.5) is 4.79 Å². The maximum absolute atomic E-state index is 14.2. The molecule has 0 radical (unpaired) electrons. The summed E-state index contributed by atoms with van der Waals surface area (Å²) in [7, 11) is -0.499. The Labute approximate surface area is 259 Å². The summed E-state index contributed by atoms with van der Waals surface area (Å²) in [6.45, 7) is 17.0. The second-order valence-corrected chi connectivity index (χ2v) is 16.1. The molecule has 8 atom stereocenters. The van der Waals surface area contributed by atoms with E-state index in [-0.39, 0.29) is 46.7 Å². The Morgan fingerprint density at radius 3 is 2.37 bits per heavy atom. The number of ether oxygens (including phenoxy) is 1. The zero-order valence-corrected chi connectivity index (χ0v) is 27.9. The van der Waals surface area contributed by atoms with E-state index in [2.05, 4.69) is 45.3 Å². The molecular formula is C33H56BN3O6. The third kappa shape index (κ3) is 6.47. The fourth-order valence-electron chi connectivity index (χ4n) is 8.94. The van der Waals surface area contributed by atoms with Crippen LogP contribution in [0, 0.1) is 29.1 Å². The molecule has 2 bridgehead atoms. The molecule has 9 nitrogen and oxygen atoms in total. The zero-order chi connectivity index (χ0) is 31.3. The van der Waals surface area contributed by atoms with Crippen molar-refractivity contribution in [1.82, 2.24) is 15.5 Å². The van der Waals surface area contributed by atoms with Crippen LogP contribution < -0.4 is 10.6 Å². The summed E-state index contributed by atoms with van der Waals surface area (Å²) < 4.78 is 18.8. The first-order valence-corrected chi connectivity index (χ1v) is 17.1. The minimum Gasteiger partial charge on any atom is -0.444 e. The molecule has 6 fully saturated rings. The lowest BCUT2D eigenvalue weighted by molar-refractivity contribution is -0.199. The van der Waals surface area contributed by atoms with Crippen molar-refractivity contribution in [3.8, 4) is 0 Å². The van der Waals surface area contributed by atoms with Gasteiger partial charge in [-0.2, -0.15) is 0 Å². The van der Waals surface area contributed by atoms with Gasteiger partial charge in [0.2, 0.25) is 11.8 Å². The third-order valence-electron chi connectivity index (χ3n) is 11.4. The highest BCUT2D eigenvalue weighted by molar-refractivity contribution is 6.47. The van der Waals surface area contributed by atoms with Gasteiger partial charge in [0.05, 0.1) is 17.6 Å². The van der Waals surface area contributed by atoms with Gasteiger partial charge in [0.25, 0.3) is 0 Å². The molecule has 2 saturated heterocycles. The van der Waals surface area contributed by atoms with Gasteiger partial charge in [-0.3, -0.25) is 9.59 Å². The van der Waals surface area contributed by atoms with Crippen LogP contribution in [0.25, 0.3) is 0 Å². The SMILES string of the molecule is CCC[C@H](NC(=O)[C@@H]1C[C@@H](C)CN1C(=O)[C@@H](NC(=O)OC(C)(C)C)C1CCCCC1)B1O[C@@H]2C[C@@H]3C[C@@H](C3(C)C)[C@]2(C)O1. The average molecular weight is 602 g/mol. The molecule has 4 saturated carbocycles. The Morgan fingerprint density at radius 2 is 1.74 bits per heavy atom. The first kappa shape index (κ1) is 32.6. The van der Waals surface area contributed by atoms with Crippen LogP contribution >= 0.6 is 0 Å². The highest BCUT2D eigenvalue weighted by Gasteiger charge is 2.68. The second kappa shape index (κ2) is 12.2. The van der Waals surface area contributed by atoms with Crippen LogP contribution in [-0.2, 0) is 23.6 Å². The number of carbonyl (C=O) groups is 3. The molecule has 0 aromatic rings. The maximum Gasteiger partial charge on any atom is 0.481 e. The van der Waals surface area contributed by atoms with Crippen molar-refractivity contribution in [2.45, 2.75) is 155 Å². The minimum absolute atomic E-state index is 0.0288. The largest absolute Gasteiger partial charge is 0.481 e. The van der Waals surface area contributed by atoms with E-state index in [0.717, 1.165) is 51.4 Å². The maximum atomic E-state index is 14.2. The van der Waals surface area contributed by atoms with E-state index in [1.807, 2.05) is 20.8 Å². The van der Waals surface area contributed by atoms with Gasteiger partial charge in [-0.25, -0.2) is 4.79 Å². The summed E-state index contributed by atoms with van der Waals surface area (Å²) in [4.78, 5) is 42.8. The van der Waals surface area contributed by atoms with E-state index >= 15 is 0 Å². The van der Waals surface area contributed by atoms with Crippen LogP contribution in [0.1, 0.15) is 120 Å². The topological polar surface area (TPSA) is 106 Å². The van der Waals surface area contributed by atoms with Gasteiger partial charge in [0.1, 0.15) is 17.7 Å². The Kier molecular flexibility index (Phi) is 9.23. The van der Waals surface area contributed by atoms with Gasteiger partial charge in [-0.05, 0) is 95.3 Å². The number of hydrogen-bond donors (Lipinski definition) is 2. The zero-order valence-electron chi connectivity index (χ0n) is 27.9. The van der Waals surface area contributed by atoms with E-state index in [1.54, 1.807) is 4.90 Å². The molecule has 2 heterocycles. The van der Waals surface area contributed by atoms with Gasteiger partial charge in [0.15, 0.2) is 0 Å². The van der Waals surface area contributed by atoms with Crippen LogP contribution in [-0.4, -0.2) is 71.8 Å². The van der Waals surface area contributed by atoms with Gasteiger partial charge in [-0.15, -0.1) is 0 Å². The van der Waals surface area contributed by atoms with Crippen molar-refractivity contribution < 1.29 is 28.4 Å². The number of alkyl carbamates (subject to hydrolysis) is 1. The number of carbonyl (C=O) groups excluding carboxylic acids is 3. The highest BCUT2D eigenvalue weighted by Crippen LogP contribution is 2.65. The third-order valence-corrected chi connectivity index (χ3v) is 11.4. The molecule has 0 unspecified atom stereocenters. The van der Waals surface area contributed by atoms with Crippen molar-refractivity contribution in [2.75, 3.05) is 6.54 Å².